The fourth-order valence-corrected chi connectivity index (χ4v) is 3.56. The smallest absolute Gasteiger partial charge is 0.404 e. The molecule has 0 amide bonds. The average molecular weight is 373 g/mol. The molecular weight excluding hydrogens is 355 g/mol. The van der Waals surface area contributed by atoms with Crippen LogP contribution in [0, 0.1) is 13.8 Å². The van der Waals surface area contributed by atoms with Crippen LogP contribution in [0.4, 0.5) is 13.2 Å². The van der Waals surface area contributed by atoms with Crippen molar-refractivity contribution in [1.82, 2.24) is 4.72 Å². The fourth-order valence-electron chi connectivity index (χ4n) is 2.41. The maximum atomic E-state index is 12.4. The number of para-hydroxylation sites is 1. The van der Waals surface area contributed by atoms with Crippen molar-refractivity contribution in [2.75, 3.05) is 6.54 Å². The molecular formula is C17H18F3NO3S. The van der Waals surface area contributed by atoms with Crippen molar-refractivity contribution in [2.24, 2.45) is 0 Å². The second-order valence-corrected chi connectivity index (χ2v) is 7.31. The third kappa shape index (κ3) is 5.47. The molecule has 2 aromatic rings. The summed E-state index contributed by atoms with van der Waals surface area (Å²) in [5, 5.41) is 0. The Kier molecular flexibility index (Phi) is 5.74. The Balaban J connectivity index is 2.12. The number of nitrogens with one attached hydrogen (secondary N) is 1. The Hall–Kier alpha value is -2.06. The second kappa shape index (κ2) is 7.45. The van der Waals surface area contributed by atoms with E-state index < -0.39 is 27.0 Å². The van der Waals surface area contributed by atoms with Crippen molar-refractivity contribution < 1.29 is 26.3 Å². The number of halogens is 3. The van der Waals surface area contributed by atoms with E-state index in [0.717, 1.165) is 28.8 Å². The predicted octanol–water partition coefficient (Wildman–Crippen LogP) is 3.72. The Morgan fingerprint density at radius 3 is 2.40 bits per heavy atom. The zero-order valence-corrected chi connectivity index (χ0v) is 14.5. The van der Waals surface area contributed by atoms with Gasteiger partial charge in [-0.2, -0.15) is 0 Å². The monoisotopic (exact) mass is 373 g/mol. The zero-order chi connectivity index (χ0) is 18.7. The summed E-state index contributed by atoms with van der Waals surface area (Å²) in [6.07, 6.45) is -4.54. The molecule has 0 bridgehead atoms. The van der Waals surface area contributed by atoms with Gasteiger partial charge in [0.15, 0.2) is 0 Å². The van der Waals surface area contributed by atoms with Gasteiger partial charge in [-0.1, -0.05) is 35.9 Å². The molecule has 0 aliphatic heterocycles. The van der Waals surface area contributed by atoms with Crippen LogP contribution < -0.4 is 9.46 Å². The Bertz CT molecular complexity index is 848. The SMILES string of the molecule is Cc1ccc(CCNS(=O)(=O)c2ccccc2OC(F)(F)F)c(C)c1. The molecule has 2 rings (SSSR count). The van der Waals surface area contributed by atoms with Crippen LogP contribution in [0.25, 0.3) is 0 Å². The molecule has 4 nitrogen and oxygen atoms in total. The molecule has 136 valence electrons. The number of benzene rings is 2. The van der Waals surface area contributed by atoms with Crippen LogP contribution in [0.1, 0.15) is 16.7 Å². The molecule has 0 unspecified atom stereocenters. The van der Waals surface area contributed by atoms with Crippen LogP contribution in [0.2, 0.25) is 0 Å². The predicted molar refractivity (Wildman–Crippen MR) is 87.9 cm³/mol. The summed E-state index contributed by atoms with van der Waals surface area (Å²) in [7, 11) is -4.13. The van der Waals surface area contributed by atoms with E-state index in [1.54, 1.807) is 0 Å². The molecule has 0 aromatic heterocycles. The van der Waals surface area contributed by atoms with Crippen LogP contribution in [0.5, 0.6) is 5.75 Å². The molecule has 0 spiro atoms. The lowest BCUT2D eigenvalue weighted by atomic mass is 10.0. The molecule has 0 aliphatic rings. The van der Waals surface area contributed by atoms with Crippen LogP contribution in [0.3, 0.4) is 0 Å². The summed E-state index contributed by atoms with van der Waals surface area (Å²) in [5.74, 6) is -0.756. The van der Waals surface area contributed by atoms with Gasteiger partial charge in [-0.3, -0.25) is 0 Å². The van der Waals surface area contributed by atoms with Gasteiger partial charge in [0, 0.05) is 6.54 Å². The highest BCUT2D eigenvalue weighted by molar-refractivity contribution is 7.89. The number of rotatable bonds is 6. The zero-order valence-electron chi connectivity index (χ0n) is 13.7. The summed E-state index contributed by atoms with van der Waals surface area (Å²) in [4.78, 5) is -0.548. The first-order chi connectivity index (χ1) is 11.6. The molecule has 0 saturated carbocycles. The third-order valence-electron chi connectivity index (χ3n) is 3.55. The van der Waals surface area contributed by atoms with E-state index in [1.165, 1.54) is 12.1 Å². The molecule has 0 saturated heterocycles. The van der Waals surface area contributed by atoms with Crippen molar-refractivity contribution in [3.8, 4) is 5.75 Å². The van der Waals surface area contributed by atoms with E-state index in [0.29, 0.717) is 6.42 Å². The average Bonchev–Trinajstić information content (AvgIpc) is 2.48. The number of ether oxygens (including phenoxy) is 1. The number of sulfonamides is 1. The van der Waals surface area contributed by atoms with Crippen molar-refractivity contribution >= 4 is 10.0 Å². The van der Waals surface area contributed by atoms with Gasteiger partial charge >= 0.3 is 6.36 Å². The molecule has 2 aromatic carbocycles. The molecule has 8 heteroatoms. The van der Waals surface area contributed by atoms with E-state index >= 15 is 0 Å². The number of aryl methyl sites for hydroxylation is 2. The van der Waals surface area contributed by atoms with Gasteiger partial charge in [0.05, 0.1) is 0 Å². The summed E-state index contributed by atoms with van der Waals surface area (Å²) >= 11 is 0. The number of hydrogen-bond acceptors (Lipinski definition) is 3. The summed E-state index contributed by atoms with van der Waals surface area (Å²) in [6, 6.07) is 10.4. The van der Waals surface area contributed by atoms with Gasteiger partial charge < -0.3 is 4.74 Å². The quantitative estimate of drug-likeness (QED) is 0.840. The van der Waals surface area contributed by atoms with Crippen LogP contribution >= 0.6 is 0 Å². The molecule has 0 atom stereocenters. The maximum Gasteiger partial charge on any atom is 0.573 e. The van der Waals surface area contributed by atoms with Gasteiger partial charge in [-0.25, -0.2) is 13.1 Å². The van der Waals surface area contributed by atoms with Crippen molar-refractivity contribution in [1.29, 1.82) is 0 Å². The summed E-state index contributed by atoms with van der Waals surface area (Å²) in [5.41, 5.74) is 3.09. The van der Waals surface area contributed by atoms with Crippen LogP contribution in [0.15, 0.2) is 47.4 Å². The maximum absolute atomic E-state index is 12.4. The second-order valence-electron chi connectivity index (χ2n) is 5.57. The lowest BCUT2D eigenvalue weighted by molar-refractivity contribution is -0.275. The van der Waals surface area contributed by atoms with Gasteiger partial charge in [0.1, 0.15) is 10.6 Å². The first kappa shape index (κ1) is 19.3. The first-order valence-corrected chi connectivity index (χ1v) is 8.97. The van der Waals surface area contributed by atoms with E-state index in [1.807, 2.05) is 32.0 Å². The van der Waals surface area contributed by atoms with Gasteiger partial charge in [-0.15, -0.1) is 13.2 Å². The van der Waals surface area contributed by atoms with Crippen molar-refractivity contribution in [2.45, 2.75) is 31.5 Å². The molecule has 0 heterocycles. The molecule has 1 N–H and O–H groups in total. The number of alkyl halides is 3. The van der Waals surface area contributed by atoms with Gasteiger partial charge in [0.25, 0.3) is 0 Å². The van der Waals surface area contributed by atoms with Crippen LogP contribution in [-0.4, -0.2) is 21.3 Å². The highest BCUT2D eigenvalue weighted by atomic mass is 32.2. The minimum Gasteiger partial charge on any atom is -0.404 e. The van der Waals surface area contributed by atoms with Crippen molar-refractivity contribution in [3.63, 3.8) is 0 Å². The topological polar surface area (TPSA) is 55.4 Å². The summed E-state index contributed by atoms with van der Waals surface area (Å²) in [6.45, 7) is 3.94. The Labute approximate surface area is 144 Å². The molecule has 0 radical (unpaired) electrons. The van der Waals surface area contributed by atoms with Gasteiger partial charge in [-0.05, 0) is 43.5 Å². The molecule has 25 heavy (non-hydrogen) atoms. The highest BCUT2D eigenvalue weighted by Gasteiger charge is 2.33. The minimum atomic E-state index is -4.97. The van der Waals surface area contributed by atoms with E-state index in [2.05, 4.69) is 9.46 Å². The van der Waals surface area contributed by atoms with Crippen molar-refractivity contribution in [3.05, 3.63) is 59.2 Å². The fraction of sp³-hybridized carbons (Fsp3) is 0.294. The highest BCUT2D eigenvalue weighted by Crippen LogP contribution is 2.29. The Morgan fingerprint density at radius 1 is 1.08 bits per heavy atom. The van der Waals surface area contributed by atoms with Crippen LogP contribution in [-0.2, 0) is 16.4 Å². The third-order valence-corrected chi connectivity index (χ3v) is 5.05. The van der Waals surface area contributed by atoms with E-state index in [4.69, 9.17) is 0 Å². The lowest BCUT2D eigenvalue weighted by Gasteiger charge is -2.14. The standard InChI is InChI=1S/C17H18F3NO3S/c1-12-7-8-14(13(2)11-12)9-10-21-25(22,23)16-6-4-3-5-15(16)24-17(18,19)20/h3-8,11,21H,9-10H2,1-2H3. The first-order valence-electron chi connectivity index (χ1n) is 7.49. The molecule has 0 aliphatic carbocycles. The largest absolute Gasteiger partial charge is 0.573 e. The van der Waals surface area contributed by atoms with E-state index in [-0.39, 0.29) is 6.54 Å². The normalized spacial score (nSPS) is 12.2. The summed E-state index contributed by atoms with van der Waals surface area (Å²) < 4.78 is 68.0. The van der Waals surface area contributed by atoms with E-state index in [9.17, 15) is 21.6 Å². The minimum absolute atomic E-state index is 0.0621. The Morgan fingerprint density at radius 2 is 1.76 bits per heavy atom. The molecule has 0 fully saturated rings. The van der Waals surface area contributed by atoms with Gasteiger partial charge in [0.2, 0.25) is 10.0 Å². The number of hydrogen-bond donors (Lipinski definition) is 1. The lowest BCUT2D eigenvalue weighted by Crippen LogP contribution is -2.27.